The van der Waals surface area contributed by atoms with Gasteiger partial charge in [-0.2, -0.15) is 0 Å². The van der Waals surface area contributed by atoms with Crippen molar-refractivity contribution in [2.24, 2.45) is 0 Å². The molecule has 0 bridgehead atoms. The van der Waals surface area contributed by atoms with E-state index in [2.05, 4.69) is 27.3 Å². The number of fused-ring (bicyclic) bond motifs is 1. The van der Waals surface area contributed by atoms with E-state index in [9.17, 15) is 4.79 Å². The predicted octanol–water partition coefficient (Wildman–Crippen LogP) is 2.10. The summed E-state index contributed by atoms with van der Waals surface area (Å²) in [5.74, 6) is 0. The van der Waals surface area contributed by atoms with Gasteiger partial charge >= 0.3 is 6.03 Å². The van der Waals surface area contributed by atoms with Crippen LogP contribution in [0.2, 0.25) is 0 Å². The standard InChI is InChI=1S/C10H11BrN2O/c1-12-10(14)13-5-7-3-2-4-9(11)8(7)6-13/h2-4H,5-6H2,1H3,(H,12,14). The molecule has 0 saturated heterocycles. The molecule has 0 spiro atoms. The second-order valence-electron chi connectivity index (χ2n) is 3.29. The van der Waals surface area contributed by atoms with Gasteiger partial charge in [0.2, 0.25) is 0 Å². The Kier molecular flexibility index (Phi) is 2.46. The third-order valence-corrected chi connectivity index (χ3v) is 3.17. The zero-order chi connectivity index (χ0) is 10.1. The van der Waals surface area contributed by atoms with E-state index in [0.717, 1.165) is 4.47 Å². The Labute approximate surface area is 91.2 Å². The molecule has 3 nitrogen and oxygen atoms in total. The Balaban J connectivity index is 2.26. The first-order valence-electron chi connectivity index (χ1n) is 4.45. The molecule has 0 atom stereocenters. The Bertz CT molecular complexity index is 378. The molecule has 0 fully saturated rings. The zero-order valence-electron chi connectivity index (χ0n) is 7.88. The number of amides is 2. The van der Waals surface area contributed by atoms with E-state index < -0.39 is 0 Å². The van der Waals surface area contributed by atoms with Crippen molar-refractivity contribution in [2.75, 3.05) is 7.05 Å². The van der Waals surface area contributed by atoms with Gasteiger partial charge in [-0.3, -0.25) is 0 Å². The van der Waals surface area contributed by atoms with Gasteiger partial charge in [0, 0.05) is 24.6 Å². The van der Waals surface area contributed by atoms with Crippen LogP contribution >= 0.6 is 15.9 Å². The average Bonchev–Trinajstić information content (AvgIpc) is 2.62. The Morgan fingerprint density at radius 1 is 1.50 bits per heavy atom. The Hall–Kier alpha value is -1.03. The average molecular weight is 255 g/mol. The summed E-state index contributed by atoms with van der Waals surface area (Å²) in [4.78, 5) is 13.2. The van der Waals surface area contributed by atoms with Crippen LogP contribution in [0.4, 0.5) is 4.79 Å². The summed E-state index contributed by atoms with van der Waals surface area (Å²) >= 11 is 3.49. The van der Waals surface area contributed by atoms with Gasteiger partial charge in [0.05, 0.1) is 0 Å². The van der Waals surface area contributed by atoms with Gasteiger partial charge in [0.15, 0.2) is 0 Å². The van der Waals surface area contributed by atoms with Gasteiger partial charge in [0.25, 0.3) is 0 Å². The van der Waals surface area contributed by atoms with Crippen LogP contribution in [0.15, 0.2) is 22.7 Å². The molecule has 1 aliphatic heterocycles. The van der Waals surface area contributed by atoms with Crippen LogP contribution in [0.3, 0.4) is 0 Å². The van der Waals surface area contributed by atoms with Crippen LogP contribution in [0.5, 0.6) is 0 Å². The van der Waals surface area contributed by atoms with Crippen molar-refractivity contribution in [2.45, 2.75) is 13.1 Å². The molecular formula is C10H11BrN2O. The monoisotopic (exact) mass is 254 g/mol. The fraction of sp³-hybridized carbons (Fsp3) is 0.300. The minimum atomic E-state index is -0.0203. The molecule has 1 aromatic rings. The number of hydrogen-bond donors (Lipinski definition) is 1. The summed E-state index contributed by atoms with van der Waals surface area (Å²) < 4.78 is 1.08. The molecule has 14 heavy (non-hydrogen) atoms. The van der Waals surface area contributed by atoms with E-state index in [0.29, 0.717) is 13.1 Å². The van der Waals surface area contributed by atoms with E-state index in [4.69, 9.17) is 0 Å². The number of urea groups is 1. The first-order valence-corrected chi connectivity index (χ1v) is 5.24. The first-order chi connectivity index (χ1) is 6.72. The number of hydrogen-bond acceptors (Lipinski definition) is 1. The lowest BCUT2D eigenvalue weighted by Gasteiger charge is -2.13. The third-order valence-electron chi connectivity index (χ3n) is 2.43. The van der Waals surface area contributed by atoms with Crippen molar-refractivity contribution < 1.29 is 4.79 Å². The molecule has 1 aromatic carbocycles. The summed E-state index contributed by atoms with van der Waals surface area (Å²) in [6.45, 7) is 1.39. The van der Waals surface area contributed by atoms with Crippen molar-refractivity contribution in [1.82, 2.24) is 10.2 Å². The molecule has 1 N–H and O–H groups in total. The molecule has 0 saturated carbocycles. The van der Waals surface area contributed by atoms with Gasteiger partial charge in [-0.05, 0) is 17.2 Å². The topological polar surface area (TPSA) is 32.3 Å². The van der Waals surface area contributed by atoms with Crippen molar-refractivity contribution in [1.29, 1.82) is 0 Å². The summed E-state index contributed by atoms with van der Waals surface area (Å²) in [5, 5.41) is 2.63. The number of rotatable bonds is 0. The van der Waals surface area contributed by atoms with Gasteiger partial charge in [-0.1, -0.05) is 28.1 Å². The van der Waals surface area contributed by atoms with Gasteiger partial charge in [-0.25, -0.2) is 4.79 Å². The number of benzene rings is 1. The lowest BCUT2D eigenvalue weighted by atomic mass is 10.1. The highest BCUT2D eigenvalue weighted by Crippen LogP contribution is 2.28. The van der Waals surface area contributed by atoms with Crippen molar-refractivity contribution in [3.8, 4) is 0 Å². The van der Waals surface area contributed by atoms with Crippen molar-refractivity contribution in [3.63, 3.8) is 0 Å². The van der Waals surface area contributed by atoms with Crippen LogP contribution < -0.4 is 5.32 Å². The molecule has 0 aromatic heterocycles. The highest BCUT2D eigenvalue weighted by Gasteiger charge is 2.23. The fourth-order valence-electron chi connectivity index (χ4n) is 1.68. The molecule has 2 amide bonds. The number of carbonyl (C=O) groups is 1. The van der Waals surface area contributed by atoms with Gasteiger partial charge < -0.3 is 10.2 Å². The Morgan fingerprint density at radius 2 is 2.29 bits per heavy atom. The SMILES string of the molecule is CNC(=O)N1Cc2cccc(Br)c2C1. The van der Waals surface area contributed by atoms with Crippen LogP contribution in [0, 0.1) is 0 Å². The number of nitrogens with one attached hydrogen (secondary N) is 1. The summed E-state index contributed by atoms with van der Waals surface area (Å²) in [6.07, 6.45) is 0. The second-order valence-corrected chi connectivity index (χ2v) is 4.14. The quantitative estimate of drug-likeness (QED) is 0.756. The van der Waals surface area contributed by atoms with Crippen LogP contribution in [-0.2, 0) is 13.1 Å². The van der Waals surface area contributed by atoms with E-state index >= 15 is 0 Å². The predicted molar refractivity (Wildman–Crippen MR) is 57.8 cm³/mol. The first kappa shape index (κ1) is 9.52. The van der Waals surface area contributed by atoms with Gasteiger partial charge in [0.1, 0.15) is 0 Å². The van der Waals surface area contributed by atoms with Crippen LogP contribution in [0.1, 0.15) is 11.1 Å². The smallest absolute Gasteiger partial charge is 0.317 e. The molecule has 1 aliphatic rings. The summed E-state index contributed by atoms with van der Waals surface area (Å²) in [5.41, 5.74) is 2.44. The summed E-state index contributed by atoms with van der Waals surface area (Å²) in [7, 11) is 1.65. The molecule has 0 unspecified atom stereocenters. The minimum Gasteiger partial charge on any atom is -0.341 e. The Morgan fingerprint density at radius 3 is 2.93 bits per heavy atom. The highest BCUT2D eigenvalue weighted by atomic mass is 79.9. The van der Waals surface area contributed by atoms with E-state index in [1.165, 1.54) is 11.1 Å². The van der Waals surface area contributed by atoms with E-state index in [-0.39, 0.29) is 6.03 Å². The molecule has 0 radical (unpaired) electrons. The van der Waals surface area contributed by atoms with E-state index in [1.54, 1.807) is 11.9 Å². The summed E-state index contributed by atoms with van der Waals surface area (Å²) in [6, 6.07) is 6.04. The largest absolute Gasteiger partial charge is 0.341 e. The molecular weight excluding hydrogens is 244 g/mol. The van der Waals surface area contributed by atoms with Crippen molar-refractivity contribution in [3.05, 3.63) is 33.8 Å². The maximum Gasteiger partial charge on any atom is 0.317 e. The normalized spacial score (nSPS) is 14.0. The maximum absolute atomic E-state index is 11.4. The van der Waals surface area contributed by atoms with Crippen molar-refractivity contribution >= 4 is 22.0 Å². The molecule has 1 heterocycles. The van der Waals surface area contributed by atoms with Crippen LogP contribution in [0.25, 0.3) is 0 Å². The number of halogens is 1. The highest BCUT2D eigenvalue weighted by molar-refractivity contribution is 9.10. The van der Waals surface area contributed by atoms with Crippen LogP contribution in [-0.4, -0.2) is 18.0 Å². The lowest BCUT2D eigenvalue weighted by molar-refractivity contribution is 0.201. The van der Waals surface area contributed by atoms with E-state index in [1.807, 2.05) is 12.1 Å². The lowest BCUT2D eigenvalue weighted by Crippen LogP contribution is -2.33. The molecule has 2 rings (SSSR count). The third kappa shape index (κ3) is 1.50. The maximum atomic E-state index is 11.4. The molecule has 74 valence electrons. The minimum absolute atomic E-state index is 0.0203. The number of carbonyl (C=O) groups excluding carboxylic acids is 1. The molecule has 0 aliphatic carbocycles. The zero-order valence-corrected chi connectivity index (χ0v) is 9.47. The molecule has 4 heteroatoms. The second kappa shape index (κ2) is 3.61. The number of nitrogens with zero attached hydrogens (tertiary/aromatic N) is 1. The fourth-order valence-corrected chi connectivity index (χ4v) is 2.22. The van der Waals surface area contributed by atoms with Gasteiger partial charge in [-0.15, -0.1) is 0 Å².